The quantitative estimate of drug-likeness (QED) is 0.405. The third-order valence-corrected chi connectivity index (χ3v) is 8.80. The van der Waals surface area contributed by atoms with Crippen LogP contribution in [0.3, 0.4) is 0 Å². The predicted molar refractivity (Wildman–Crippen MR) is 131 cm³/mol. The molecule has 1 saturated heterocycles. The molecule has 5 rings (SSSR count). The summed E-state index contributed by atoms with van der Waals surface area (Å²) in [6.07, 6.45) is 0.575. The van der Waals surface area contributed by atoms with Gasteiger partial charge < -0.3 is 9.47 Å². The zero-order valence-electron chi connectivity index (χ0n) is 19.3. The van der Waals surface area contributed by atoms with Crippen molar-refractivity contribution in [2.45, 2.75) is 39.4 Å². The fourth-order valence-electron chi connectivity index (χ4n) is 4.59. The Labute approximate surface area is 202 Å². The van der Waals surface area contributed by atoms with Gasteiger partial charge in [0.05, 0.1) is 39.8 Å². The van der Waals surface area contributed by atoms with Gasteiger partial charge in [-0.1, -0.05) is 12.1 Å². The van der Waals surface area contributed by atoms with E-state index in [1.165, 1.54) is 11.3 Å². The second-order valence-electron chi connectivity index (χ2n) is 8.78. The van der Waals surface area contributed by atoms with Crippen LogP contribution in [0.2, 0.25) is 0 Å². The molecule has 11 heteroatoms. The maximum Gasteiger partial charge on any atom is 0.242 e. The summed E-state index contributed by atoms with van der Waals surface area (Å²) in [5, 5.41) is 6.55. The SMILES string of the molecule is Cc1nn([C@H]2CCS(=O)(=O)C2)c(C)c1CN(C)C(=O)Cn1c(-c2cscn2)nc2ccccc21. The summed E-state index contributed by atoms with van der Waals surface area (Å²) in [7, 11) is -1.23. The van der Waals surface area contributed by atoms with E-state index in [1.807, 2.05) is 52.7 Å². The minimum absolute atomic E-state index is 0.0605. The van der Waals surface area contributed by atoms with E-state index in [0.717, 1.165) is 33.7 Å². The van der Waals surface area contributed by atoms with Crippen molar-refractivity contribution in [3.8, 4) is 11.5 Å². The maximum atomic E-state index is 13.3. The number of para-hydroxylation sites is 2. The van der Waals surface area contributed by atoms with Crippen molar-refractivity contribution in [2.24, 2.45) is 0 Å². The predicted octanol–water partition coefficient (Wildman–Crippen LogP) is 2.99. The summed E-state index contributed by atoms with van der Waals surface area (Å²) in [4.78, 5) is 24.1. The Morgan fingerprint density at radius 2 is 2.06 bits per heavy atom. The highest BCUT2D eigenvalue weighted by molar-refractivity contribution is 7.91. The minimum atomic E-state index is -3.01. The van der Waals surface area contributed by atoms with Gasteiger partial charge in [-0.05, 0) is 32.4 Å². The number of fused-ring (bicyclic) bond motifs is 1. The molecule has 0 radical (unpaired) electrons. The van der Waals surface area contributed by atoms with Crippen molar-refractivity contribution in [2.75, 3.05) is 18.6 Å². The molecule has 0 spiro atoms. The van der Waals surface area contributed by atoms with Gasteiger partial charge in [-0.3, -0.25) is 9.48 Å². The van der Waals surface area contributed by atoms with Crippen LogP contribution in [0, 0.1) is 13.8 Å². The number of hydrogen-bond acceptors (Lipinski definition) is 7. The molecule has 0 unspecified atom stereocenters. The first kappa shape index (κ1) is 22.7. The van der Waals surface area contributed by atoms with Crippen molar-refractivity contribution in [3.05, 3.63) is 52.1 Å². The van der Waals surface area contributed by atoms with Gasteiger partial charge in [-0.25, -0.2) is 18.4 Å². The lowest BCUT2D eigenvalue weighted by molar-refractivity contribution is -0.130. The second-order valence-corrected chi connectivity index (χ2v) is 11.7. The van der Waals surface area contributed by atoms with E-state index >= 15 is 0 Å². The molecule has 1 aromatic carbocycles. The van der Waals surface area contributed by atoms with Crippen molar-refractivity contribution >= 4 is 38.1 Å². The number of rotatable bonds is 6. The second kappa shape index (κ2) is 8.62. The number of aryl methyl sites for hydroxylation is 1. The normalized spacial score (nSPS) is 17.4. The summed E-state index contributed by atoms with van der Waals surface area (Å²) < 4.78 is 27.6. The Bertz CT molecular complexity index is 1470. The number of hydrogen-bond donors (Lipinski definition) is 0. The van der Waals surface area contributed by atoms with E-state index in [9.17, 15) is 13.2 Å². The highest BCUT2D eigenvalue weighted by Gasteiger charge is 2.31. The van der Waals surface area contributed by atoms with E-state index in [0.29, 0.717) is 18.8 Å². The summed E-state index contributed by atoms with van der Waals surface area (Å²) >= 11 is 1.49. The van der Waals surface area contributed by atoms with Gasteiger partial charge in [-0.2, -0.15) is 5.10 Å². The monoisotopic (exact) mass is 498 g/mol. The van der Waals surface area contributed by atoms with Crippen molar-refractivity contribution in [3.63, 3.8) is 0 Å². The zero-order chi connectivity index (χ0) is 24.0. The summed E-state index contributed by atoms with van der Waals surface area (Å²) in [6.45, 7) is 4.39. The molecule has 178 valence electrons. The Hall–Kier alpha value is -3.05. The number of benzene rings is 1. The van der Waals surface area contributed by atoms with E-state index < -0.39 is 9.84 Å². The molecule has 0 aliphatic carbocycles. The van der Waals surface area contributed by atoms with Crippen LogP contribution in [0.1, 0.15) is 29.4 Å². The molecule has 0 saturated carbocycles. The highest BCUT2D eigenvalue weighted by atomic mass is 32.2. The minimum Gasteiger partial charge on any atom is -0.340 e. The molecule has 1 fully saturated rings. The molecule has 4 aromatic rings. The zero-order valence-corrected chi connectivity index (χ0v) is 20.9. The number of carbonyl (C=O) groups excluding carboxylic acids is 1. The molecule has 34 heavy (non-hydrogen) atoms. The van der Waals surface area contributed by atoms with E-state index in [1.54, 1.807) is 17.5 Å². The Morgan fingerprint density at radius 1 is 1.26 bits per heavy atom. The largest absolute Gasteiger partial charge is 0.340 e. The van der Waals surface area contributed by atoms with E-state index in [2.05, 4.69) is 10.1 Å². The average Bonchev–Trinajstić information content (AvgIpc) is 3.57. The van der Waals surface area contributed by atoms with Gasteiger partial charge in [0.1, 0.15) is 12.2 Å². The Balaban J connectivity index is 1.39. The number of thiazole rings is 1. The van der Waals surface area contributed by atoms with Gasteiger partial charge in [0.25, 0.3) is 0 Å². The van der Waals surface area contributed by atoms with Crippen LogP contribution in [-0.4, -0.2) is 62.1 Å². The topological polar surface area (TPSA) is 103 Å². The third-order valence-electron chi connectivity index (χ3n) is 6.46. The first-order valence-corrected chi connectivity index (χ1v) is 13.8. The summed E-state index contributed by atoms with van der Waals surface area (Å²) in [5.74, 6) is 0.932. The first-order chi connectivity index (χ1) is 16.2. The summed E-state index contributed by atoms with van der Waals surface area (Å²) in [6, 6.07) is 7.61. The molecule has 1 aliphatic heterocycles. The number of amides is 1. The van der Waals surface area contributed by atoms with Crippen LogP contribution in [0.15, 0.2) is 35.2 Å². The molecule has 1 aliphatic rings. The first-order valence-electron chi connectivity index (χ1n) is 11.1. The van der Waals surface area contributed by atoms with Gasteiger partial charge >= 0.3 is 0 Å². The lowest BCUT2D eigenvalue weighted by atomic mass is 10.1. The number of likely N-dealkylation sites (N-methyl/N-ethyl adjacent to an activating group) is 1. The molecular weight excluding hydrogens is 472 g/mol. The number of carbonyl (C=O) groups is 1. The molecule has 4 heterocycles. The molecule has 9 nitrogen and oxygen atoms in total. The molecular formula is C23H26N6O3S2. The fraction of sp³-hybridized carbons (Fsp3) is 0.391. The molecule has 1 amide bonds. The maximum absolute atomic E-state index is 13.3. The lowest BCUT2D eigenvalue weighted by Crippen LogP contribution is -2.30. The molecule has 3 aromatic heterocycles. The van der Waals surface area contributed by atoms with Crippen LogP contribution >= 0.6 is 11.3 Å². The van der Waals surface area contributed by atoms with E-state index in [4.69, 9.17) is 4.98 Å². The van der Waals surface area contributed by atoms with Gasteiger partial charge in [-0.15, -0.1) is 11.3 Å². The number of aromatic nitrogens is 5. The summed E-state index contributed by atoms with van der Waals surface area (Å²) in [5.41, 5.74) is 6.89. The van der Waals surface area contributed by atoms with Gasteiger partial charge in [0.2, 0.25) is 5.91 Å². The highest BCUT2D eigenvalue weighted by Crippen LogP contribution is 2.28. The Kier molecular flexibility index (Phi) is 5.76. The fourth-order valence-corrected chi connectivity index (χ4v) is 6.81. The number of imidazole rings is 1. The van der Waals surface area contributed by atoms with Crippen molar-refractivity contribution in [1.82, 2.24) is 29.2 Å². The van der Waals surface area contributed by atoms with Crippen LogP contribution in [-0.2, 0) is 27.7 Å². The Morgan fingerprint density at radius 3 is 2.76 bits per heavy atom. The van der Waals surface area contributed by atoms with Crippen molar-refractivity contribution < 1.29 is 13.2 Å². The van der Waals surface area contributed by atoms with Crippen LogP contribution < -0.4 is 0 Å². The molecule has 1 atom stereocenters. The third kappa shape index (κ3) is 4.14. The van der Waals surface area contributed by atoms with Crippen LogP contribution in [0.5, 0.6) is 0 Å². The van der Waals surface area contributed by atoms with Crippen LogP contribution in [0.4, 0.5) is 0 Å². The van der Waals surface area contributed by atoms with Crippen LogP contribution in [0.25, 0.3) is 22.6 Å². The average molecular weight is 499 g/mol. The van der Waals surface area contributed by atoms with Gasteiger partial charge in [0, 0.05) is 30.2 Å². The standard InChI is InChI=1S/C23H26N6O3S2/c1-15-18(16(2)29(26-15)17-8-9-34(31,32)13-17)10-27(3)22(30)11-28-21-7-5-4-6-19(21)25-23(28)20-12-33-14-24-20/h4-7,12,14,17H,8-11,13H2,1-3H3/t17-/m0/s1. The smallest absolute Gasteiger partial charge is 0.242 e. The molecule has 0 N–H and O–H groups in total. The van der Waals surface area contributed by atoms with Crippen molar-refractivity contribution in [1.29, 1.82) is 0 Å². The number of nitrogens with zero attached hydrogens (tertiary/aromatic N) is 6. The lowest BCUT2D eigenvalue weighted by Gasteiger charge is -2.19. The van der Waals surface area contributed by atoms with Gasteiger partial charge in [0.15, 0.2) is 15.7 Å². The number of sulfone groups is 1. The molecule has 0 bridgehead atoms. The van der Waals surface area contributed by atoms with E-state index in [-0.39, 0.29) is 30.0 Å².